The van der Waals surface area contributed by atoms with E-state index in [2.05, 4.69) is 6.92 Å². The van der Waals surface area contributed by atoms with Gasteiger partial charge in [0, 0.05) is 6.92 Å². The van der Waals surface area contributed by atoms with Crippen LogP contribution in [0.2, 0.25) is 0 Å². The summed E-state index contributed by atoms with van der Waals surface area (Å²) in [5.74, 6) is 0. The van der Waals surface area contributed by atoms with Crippen molar-refractivity contribution in [2.24, 2.45) is 0 Å². The summed E-state index contributed by atoms with van der Waals surface area (Å²) < 4.78 is 20.4. The second-order valence-electron chi connectivity index (χ2n) is 3.01. The first-order valence-electron chi connectivity index (χ1n) is 4.14. The van der Waals surface area contributed by atoms with Crippen LogP contribution >= 0.6 is 0 Å². The van der Waals surface area contributed by atoms with Gasteiger partial charge in [-0.25, -0.2) is 0 Å². The van der Waals surface area contributed by atoms with Gasteiger partial charge in [-0.3, -0.25) is 0 Å². The van der Waals surface area contributed by atoms with E-state index >= 15 is 0 Å². The van der Waals surface area contributed by atoms with Gasteiger partial charge >= 0.3 is 0 Å². The van der Waals surface area contributed by atoms with Gasteiger partial charge in [0.25, 0.3) is 0 Å². The average molecular weight is 173 g/mol. The molecule has 2 heterocycles. The second-order valence-corrected chi connectivity index (χ2v) is 3.01. The van der Waals surface area contributed by atoms with Gasteiger partial charge in [-0.2, -0.15) is 0 Å². The summed E-state index contributed by atoms with van der Waals surface area (Å²) in [6, 6.07) is 0. The van der Waals surface area contributed by atoms with Crippen LogP contribution in [0.3, 0.4) is 0 Å². The topological polar surface area (TPSA) is 43.5 Å². The van der Waals surface area contributed by atoms with E-state index in [-0.39, 0.29) is 12.2 Å². The van der Waals surface area contributed by atoms with E-state index in [4.69, 9.17) is 18.9 Å². The van der Waals surface area contributed by atoms with E-state index < -0.39 is 6.29 Å². The lowest BCUT2D eigenvalue weighted by Gasteiger charge is -2.11. The third-order valence-corrected chi connectivity index (χ3v) is 1.74. The van der Waals surface area contributed by atoms with Gasteiger partial charge in [0.05, 0.1) is 26.4 Å². The molecule has 0 aromatic heterocycles. The highest BCUT2D eigenvalue weighted by Gasteiger charge is 2.25. The molecule has 2 fully saturated rings. The molecule has 0 aromatic rings. The Hall–Kier alpha value is -0.160. The number of hydrogen-bond acceptors (Lipinski definition) is 4. The van der Waals surface area contributed by atoms with Crippen molar-refractivity contribution in [2.75, 3.05) is 26.4 Å². The molecule has 0 aromatic carbocycles. The van der Waals surface area contributed by atoms with E-state index in [9.17, 15) is 0 Å². The van der Waals surface area contributed by atoms with Crippen LogP contribution in [-0.2, 0) is 18.9 Å². The van der Waals surface area contributed by atoms with E-state index in [1.807, 2.05) is 0 Å². The van der Waals surface area contributed by atoms with Crippen LogP contribution in [0.4, 0.5) is 0 Å². The maximum absolute atomic E-state index is 5.23. The van der Waals surface area contributed by atoms with Gasteiger partial charge in [0.1, 0.15) is 12.2 Å². The molecule has 2 rings (SSSR count). The zero-order chi connectivity index (χ0) is 8.39. The van der Waals surface area contributed by atoms with Crippen molar-refractivity contribution >= 4 is 0 Å². The van der Waals surface area contributed by atoms with Crippen LogP contribution < -0.4 is 0 Å². The third kappa shape index (κ3) is 3.06. The van der Waals surface area contributed by atoms with Crippen molar-refractivity contribution in [3.8, 4) is 0 Å². The molecule has 0 saturated carbocycles. The van der Waals surface area contributed by atoms with Gasteiger partial charge < -0.3 is 18.9 Å². The Morgan fingerprint density at radius 3 is 1.92 bits per heavy atom. The van der Waals surface area contributed by atoms with Crippen molar-refractivity contribution in [3.05, 3.63) is 6.92 Å². The number of rotatable bonds is 6. The molecule has 2 aliphatic heterocycles. The molecule has 0 bridgehead atoms. The molecule has 0 N–H and O–H groups in total. The lowest BCUT2D eigenvalue weighted by molar-refractivity contribution is -0.119. The first kappa shape index (κ1) is 8.44. The largest absolute Gasteiger partial charge is 0.371 e. The SMILES string of the molecule is [CH2]C(OCC1CO1)OCC1CO1. The molecular formula is C8H13O4. The fourth-order valence-corrected chi connectivity index (χ4v) is 0.806. The van der Waals surface area contributed by atoms with Crippen LogP contribution in [0.1, 0.15) is 0 Å². The van der Waals surface area contributed by atoms with Crippen LogP contribution in [0.15, 0.2) is 0 Å². The maximum Gasteiger partial charge on any atom is 0.158 e. The lowest BCUT2D eigenvalue weighted by Crippen LogP contribution is -2.18. The number of epoxide rings is 2. The van der Waals surface area contributed by atoms with Crippen molar-refractivity contribution in [1.29, 1.82) is 0 Å². The first-order chi connectivity index (χ1) is 5.84. The van der Waals surface area contributed by atoms with E-state index in [0.29, 0.717) is 13.2 Å². The minimum absolute atomic E-state index is 0.273. The third-order valence-electron chi connectivity index (χ3n) is 1.74. The smallest absolute Gasteiger partial charge is 0.158 e. The Bertz CT molecular complexity index is 126. The molecular weight excluding hydrogens is 160 g/mol. The van der Waals surface area contributed by atoms with Crippen molar-refractivity contribution < 1.29 is 18.9 Å². The molecule has 0 aliphatic carbocycles. The molecule has 2 unspecified atom stereocenters. The van der Waals surface area contributed by atoms with Gasteiger partial charge in [0.2, 0.25) is 0 Å². The summed E-state index contributed by atoms with van der Waals surface area (Å²) in [6.45, 7) is 6.46. The normalized spacial score (nSPS) is 34.8. The number of ether oxygens (including phenoxy) is 4. The monoisotopic (exact) mass is 173 g/mol. The fourth-order valence-electron chi connectivity index (χ4n) is 0.806. The van der Waals surface area contributed by atoms with Crippen molar-refractivity contribution in [1.82, 2.24) is 0 Å². The summed E-state index contributed by atoms with van der Waals surface area (Å²) in [5, 5.41) is 0. The quantitative estimate of drug-likeness (QED) is 0.418. The lowest BCUT2D eigenvalue weighted by atomic mass is 10.5. The van der Waals surface area contributed by atoms with E-state index in [0.717, 1.165) is 13.2 Å². The molecule has 2 aliphatic rings. The molecule has 0 amide bonds. The molecule has 69 valence electrons. The minimum atomic E-state index is -0.390. The Morgan fingerprint density at radius 1 is 1.17 bits per heavy atom. The van der Waals surface area contributed by atoms with Gasteiger partial charge in [-0.15, -0.1) is 0 Å². The molecule has 1 radical (unpaired) electrons. The zero-order valence-electron chi connectivity index (χ0n) is 6.90. The highest BCUT2D eigenvalue weighted by Crippen LogP contribution is 2.12. The standard InChI is InChI=1S/C8H13O4/c1-6(9-2-7-4-11-7)10-3-8-5-12-8/h6-8H,1-5H2. The Kier molecular flexibility index (Phi) is 2.60. The molecule has 2 saturated heterocycles. The van der Waals surface area contributed by atoms with Gasteiger partial charge in [0.15, 0.2) is 6.29 Å². The van der Waals surface area contributed by atoms with Crippen molar-refractivity contribution in [3.63, 3.8) is 0 Å². The molecule has 2 atom stereocenters. The van der Waals surface area contributed by atoms with Crippen LogP contribution in [0.5, 0.6) is 0 Å². The molecule has 4 heteroatoms. The van der Waals surface area contributed by atoms with E-state index in [1.165, 1.54) is 0 Å². The highest BCUT2D eigenvalue weighted by atomic mass is 16.7. The Labute approximate surface area is 71.7 Å². The second kappa shape index (κ2) is 3.70. The maximum atomic E-state index is 5.23. The van der Waals surface area contributed by atoms with E-state index in [1.54, 1.807) is 0 Å². The highest BCUT2D eigenvalue weighted by molar-refractivity contribution is 4.70. The predicted molar refractivity (Wildman–Crippen MR) is 40.5 cm³/mol. The number of hydrogen-bond donors (Lipinski definition) is 0. The molecule has 0 spiro atoms. The Balaban J connectivity index is 1.47. The summed E-state index contributed by atoms with van der Waals surface area (Å²) in [6.07, 6.45) is 0.156. The van der Waals surface area contributed by atoms with Crippen LogP contribution in [0, 0.1) is 6.92 Å². The summed E-state index contributed by atoms with van der Waals surface area (Å²) in [7, 11) is 0. The minimum Gasteiger partial charge on any atom is -0.371 e. The van der Waals surface area contributed by atoms with Crippen LogP contribution in [0.25, 0.3) is 0 Å². The zero-order valence-corrected chi connectivity index (χ0v) is 6.90. The molecule has 4 nitrogen and oxygen atoms in total. The molecule has 12 heavy (non-hydrogen) atoms. The van der Waals surface area contributed by atoms with Crippen LogP contribution in [-0.4, -0.2) is 44.9 Å². The summed E-state index contributed by atoms with van der Waals surface area (Å²) in [4.78, 5) is 0. The summed E-state index contributed by atoms with van der Waals surface area (Å²) >= 11 is 0. The average Bonchev–Trinajstić information content (AvgIpc) is 2.89. The Morgan fingerprint density at radius 2 is 1.58 bits per heavy atom. The van der Waals surface area contributed by atoms with Gasteiger partial charge in [-0.1, -0.05) is 0 Å². The predicted octanol–water partition coefficient (Wildman–Crippen LogP) is -0.0226. The van der Waals surface area contributed by atoms with Gasteiger partial charge in [-0.05, 0) is 0 Å². The first-order valence-corrected chi connectivity index (χ1v) is 4.14. The van der Waals surface area contributed by atoms with Crippen molar-refractivity contribution in [2.45, 2.75) is 18.5 Å². The summed E-state index contributed by atoms with van der Waals surface area (Å²) in [5.41, 5.74) is 0. The fraction of sp³-hybridized carbons (Fsp3) is 0.875.